The lowest BCUT2D eigenvalue weighted by Crippen LogP contribution is -2.53. The summed E-state index contributed by atoms with van der Waals surface area (Å²) in [5, 5.41) is 2.65. The normalized spacial score (nSPS) is 11.8. The van der Waals surface area contributed by atoms with Crippen LogP contribution < -0.4 is 14.4 Å². The number of sulfonamides is 1. The van der Waals surface area contributed by atoms with E-state index >= 15 is 0 Å². The number of methoxy groups -OCH3 is 1. The number of nitrogens with zero attached hydrogens (tertiary/aromatic N) is 2. The van der Waals surface area contributed by atoms with Gasteiger partial charge in [-0.25, -0.2) is 12.8 Å². The molecule has 10 heteroatoms. The van der Waals surface area contributed by atoms with E-state index < -0.39 is 40.2 Å². The first-order valence-corrected chi connectivity index (χ1v) is 14.7. The number of carbonyl (C=O) groups excluding carboxylic acids is 2. The van der Waals surface area contributed by atoms with Crippen molar-refractivity contribution in [2.45, 2.75) is 23.9 Å². The third-order valence-corrected chi connectivity index (χ3v) is 8.54. The topological polar surface area (TPSA) is 96.0 Å². The average molecular weight is 590 g/mol. The van der Waals surface area contributed by atoms with Gasteiger partial charge in [-0.05, 0) is 59.7 Å². The zero-order chi connectivity index (χ0) is 30.1. The Morgan fingerprint density at radius 1 is 0.833 bits per heavy atom. The van der Waals surface area contributed by atoms with E-state index in [0.29, 0.717) is 5.75 Å². The van der Waals surface area contributed by atoms with Crippen molar-refractivity contribution in [1.82, 2.24) is 10.2 Å². The summed E-state index contributed by atoms with van der Waals surface area (Å²) in [7, 11) is -1.34. The molecule has 0 aliphatic heterocycles. The summed E-state index contributed by atoms with van der Waals surface area (Å²) in [6.07, 6.45) is 0.209. The molecule has 1 atom stereocenters. The van der Waals surface area contributed by atoms with E-state index in [1.54, 1.807) is 0 Å². The number of rotatable bonds is 12. The molecular formula is C32H32FN3O5S. The van der Waals surface area contributed by atoms with Gasteiger partial charge in [0.15, 0.2) is 0 Å². The zero-order valence-electron chi connectivity index (χ0n) is 23.3. The van der Waals surface area contributed by atoms with Crippen LogP contribution in [0.1, 0.15) is 11.1 Å². The van der Waals surface area contributed by atoms with E-state index in [4.69, 9.17) is 4.74 Å². The van der Waals surface area contributed by atoms with Crippen LogP contribution in [0.4, 0.5) is 10.1 Å². The molecule has 0 unspecified atom stereocenters. The highest BCUT2D eigenvalue weighted by Crippen LogP contribution is 2.26. The van der Waals surface area contributed by atoms with Gasteiger partial charge in [0.1, 0.15) is 24.2 Å². The van der Waals surface area contributed by atoms with Crippen LogP contribution in [-0.2, 0) is 32.6 Å². The molecule has 0 heterocycles. The molecule has 0 bridgehead atoms. The van der Waals surface area contributed by atoms with E-state index in [0.717, 1.165) is 27.6 Å². The number of nitrogens with one attached hydrogen (secondary N) is 1. The summed E-state index contributed by atoms with van der Waals surface area (Å²) in [4.78, 5) is 28.7. The third-order valence-electron chi connectivity index (χ3n) is 6.75. The molecule has 0 aromatic heterocycles. The lowest BCUT2D eigenvalue weighted by atomic mass is 10.0. The van der Waals surface area contributed by atoms with Crippen molar-refractivity contribution < 1.29 is 27.1 Å². The molecule has 4 aromatic rings. The van der Waals surface area contributed by atoms with E-state index in [1.807, 2.05) is 60.7 Å². The number of ether oxygens (including phenoxy) is 1. The lowest BCUT2D eigenvalue weighted by Gasteiger charge is -2.33. The van der Waals surface area contributed by atoms with Gasteiger partial charge in [-0.15, -0.1) is 0 Å². The summed E-state index contributed by atoms with van der Waals surface area (Å²) in [6.45, 7) is -0.570. The Morgan fingerprint density at radius 3 is 1.95 bits per heavy atom. The van der Waals surface area contributed by atoms with E-state index in [2.05, 4.69) is 5.32 Å². The van der Waals surface area contributed by atoms with Crippen molar-refractivity contribution in [2.75, 3.05) is 25.0 Å². The Bertz CT molecular complexity index is 1580. The van der Waals surface area contributed by atoms with Crippen LogP contribution in [0, 0.1) is 5.82 Å². The van der Waals surface area contributed by atoms with E-state index in [9.17, 15) is 22.4 Å². The molecule has 0 radical (unpaired) electrons. The van der Waals surface area contributed by atoms with Crippen LogP contribution in [0.3, 0.4) is 0 Å². The largest absolute Gasteiger partial charge is 0.497 e. The standard InChI is InChI=1S/C32H32FN3O5S/c1-34-32(38)30(21-24-9-5-3-6-10-24)35(22-25-11-7-4-8-12-25)31(37)23-36(27-15-13-26(33)14-16-27)42(39,40)29-19-17-28(41-2)18-20-29/h3-20,30H,21-23H2,1-2H3,(H,34,38)/t30-/m1/s1. The van der Waals surface area contributed by atoms with Crippen molar-refractivity contribution >= 4 is 27.5 Å². The number of benzene rings is 4. The fourth-order valence-electron chi connectivity index (χ4n) is 4.51. The maximum Gasteiger partial charge on any atom is 0.264 e. The predicted molar refractivity (Wildman–Crippen MR) is 159 cm³/mol. The molecule has 0 fully saturated rings. The summed E-state index contributed by atoms with van der Waals surface area (Å²) < 4.78 is 47.8. The van der Waals surface area contributed by atoms with Gasteiger partial charge in [-0.3, -0.25) is 13.9 Å². The van der Waals surface area contributed by atoms with Gasteiger partial charge in [0.2, 0.25) is 11.8 Å². The molecular weight excluding hydrogens is 557 g/mol. The molecule has 4 aromatic carbocycles. The highest BCUT2D eigenvalue weighted by atomic mass is 32.2. The fraction of sp³-hybridized carbons (Fsp3) is 0.188. The molecule has 218 valence electrons. The molecule has 0 aliphatic rings. The van der Waals surface area contributed by atoms with Gasteiger partial charge >= 0.3 is 0 Å². The Morgan fingerprint density at radius 2 is 1.40 bits per heavy atom. The van der Waals surface area contributed by atoms with Crippen LogP contribution >= 0.6 is 0 Å². The zero-order valence-corrected chi connectivity index (χ0v) is 24.1. The minimum atomic E-state index is -4.30. The van der Waals surface area contributed by atoms with Crippen molar-refractivity contribution in [3.05, 3.63) is 126 Å². The highest BCUT2D eigenvalue weighted by molar-refractivity contribution is 7.92. The quantitative estimate of drug-likeness (QED) is 0.264. The van der Waals surface area contributed by atoms with Gasteiger partial charge in [0.25, 0.3) is 10.0 Å². The summed E-state index contributed by atoms with van der Waals surface area (Å²) >= 11 is 0. The number of carbonyl (C=O) groups is 2. The Balaban J connectivity index is 1.76. The Labute approximate surface area is 245 Å². The van der Waals surface area contributed by atoms with E-state index in [1.165, 1.54) is 55.5 Å². The van der Waals surface area contributed by atoms with E-state index in [-0.39, 0.29) is 23.5 Å². The predicted octanol–water partition coefficient (Wildman–Crippen LogP) is 4.42. The molecule has 0 spiro atoms. The second-order valence-electron chi connectivity index (χ2n) is 9.49. The maximum atomic E-state index is 14.2. The van der Waals surface area contributed by atoms with Crippen LogP contribution in [-0.4, -0.2) is 51.9 Å². The summed E-state index contributed by atoms with van der Waals surface area (Å²) in [5.41, 5.74) is 1.69. The molecule has 0 aliphatic carbocycles. The Kier molecular flexibility index (Phi) is 9.93. The van der Waals surface area contributed by atoms with Gasteiger partial charge in [0.05, 0.1) is 17.7 Å². The van der Waals surface area contributed by atoms with Crippen molar-refractivity contribution in [2.24, 2.45) is 0 Å². The molecule has 42 heavy (non-hydrogen) atoms. The van der Waals surface area contributed by atoms with Gasteiger partial charge in [-0.2, -0.15) is 0 Å². The van der Waals surface area contributed by atoms with Crippen molar-refractivity contribution in [1.29, 1.82) is 0 Å². The average Bonchev–Trinajstić information content (AvgIpc) is 3.02. The monoisotopic (exact) mass is 589 g/mol. The molecule has 2 amide bonds. The molecule has 0 saturated carbocycles. The third kappa shape index (κ3) is 7.32. The summed E-state index contributed by atoms with van der Waals surface area (Å²) in [5.74, 6) is -1.10. The van der Waals surface area contributed by atoms with Gasteiger partial charge < -0.3 is 15.0 Å². The molecule has 4 rings (SSSR count). The van der Waals surface area contributed by atoms with Crippen molar-refractivity contribution in [3.63, 3.8) is 0 Å². The second-order valence-corrected chi connectivity index (χ2v) is 11.4. The number of amides is 2. The number of halogens is 1. The number of anilines is 1. The minimum absolute atomic E-state index is 0.0600. The van der Waals surface area contributed by atoms with Crippen LogP contribution in [0.2, 0.25) is 0 Å². The molecule has 0 saturated heterocycles. The smallest absolute Gasteiger partial charge is 0.264 e. The van der Waals surface area contributed by atoms with Crippen LogP contribution in [0.15, 0.2) is 114 Å². The number of hydrogen-bond donors (Lipinski definition) is 1. The maximum absolute atomic E-state index is 14.2. The lowest BCUT2D eigenvalue weighted by molar-refractivity contribution is -0.139. The SMILES string of the molecule is CNC(=O)[C@@H](Cc1ccccc1)N(Cc1ccccc1)C(=O)CN(c1ccc(F)cc1)S(=O)(=O)c1ccc(OC)cc1. The first-order valence-electron chi connectivity index (χ1n) is 13.2. The minimum Gasteiger partial charge on any atom is -0.497 e. The van der Waals surface area contributed by atoms with Crippen LogP contribution in [0.25, 0.3) is 0 Å². The second kappa shape index (κ2) is 13.8. The first kappa shape index (κ1) is 30.3. The fourth-order valence-corrected chi connectivity index (χ4v) is 5.93. The summed E-state index contributed by atoms with van der Waals surface area (Å²) in [6, 6.07) is 28.1. The van der Waals surface area contributed by atoms with Gasteiger partial charge in [0, 0.05) is 20.0 Å². The first-order chi connectivity index (χ1) is 20.2. The molecule has 1 N–H and O–H groups in total. The number of likely N-dealkylation sites (N-methyl/N-ethyl adjacent to an activating group) is 1. The van der Waals surface area contributed by atoms with Crippen LogP contribution in [0.5, 0.6) is 5.75 Å². The Hall–Kier alpha value is -4.70. The number of hydrogen-bond acceptors (Lipinski definition) is 5. The highest BCUT2D eigenvalue weighted by Gasteiger charge is 2.34. The molecule has 8 nitrogen and oxygen atoms in total. The van der Waals surface area contributed by atoms with Crippen molar-refractivity contribution in [3.8, 4) is 5.75 Å². The van der Waals surface area contributed by atoms with Gasteiger partial charge in [-0.1, -0.05) is 60.7 Å².